The molecule has 0 spiro atoms. The highest BCUT2D eigenvalue weighted by molar-refractivity contribution is 7.16. The van der Waals surface area contributed by atoms with E-state index in [1.54, 1.807) is 0 Å². The lowest BCUT2D eigenvalue weighted by Crippen LogP contribution is -2.21. The number of benzene rings is 1. The van der Waals surface area contributed by atoms with Crippen molar-refractivity contribution in [2.75, 3.05) is 0 Å². The molecule has 1 aliphatic rings. The van der Waals surface area contributed by atoms with E-state index in [2.05, 4.69) is 10.9 Å². The number of terminal acetylenes is 1. The molecule has 1 heterocycles. The maximum absolute atomic E-state index is 12.4. The molecule has 3 rings (SSSR count). The predicted molar refractivity (Wildman–Crippen MR) is 85.8 cm³/mol. The molecule has 1 fully saturated rings. The van der Waals surface area contributed by atoms with Crippen LogP contribution in [0, 0.1) is 18.3 Å². The highest BCUT2D eigenvalue weighted by Crippen LogP contribution is 2.24. The van der Waals surface area contributed by atoms with E-state index in [1.807, 2.05) is 28.8 Å². The van der Waals surface area contributed by atoms with Crippen molar-refractivity contribution < 1.29 is 4.79 Å². The Morgan fingerprint density at radius 2 is 2.10 bits per heavy atom. The van der Waals surface area contributed by atoms with Crippen LogP contribution >= 0.6 is 11.3 Å². The van der Waals surface area contributed by atoms with Crippen molar-refractivity contribution >= 4 is 27.5 Å². The molecule has 3 nitrogen and oxygen atoms in total. The summed E-state index contributed by atoms with van der Waals surface area (Å²) in [4.78, 5) is 17.5. The molecule has 1 saturated carbocycles. The van der Waals surface area contributed by atoms with Crippen molar-refractivity contribution in [3.63, 3.8) is 0 Å². The Labute approximate surface area is 128 Å². The molecule has 1 aromatic carbocycles. The van der Waals surface area contributed by atoms with Crippen LogP contribution in [0.2, 0.25) is 0 Å². The minimum Gasteiger partial charge on any atom is -0.305 e. The van der Waals surface area contributed by atoms with Gasteiger partial charge in [0.05, 0.1) is 16.8 Å². The molecule has 1 aromatic heterocycles. The average Bonchev–Trinajstić information content (AvgIpc) is 2.86. The summed E-state index contributed by atoms with van der Waals surface area (Å²) in [6.07, 6.45) is 10.9. The number of fused-ring (bicyclic) bond motifs is 1. The van der Waals surface area contributed by atoms with E-state index < -0.39 is 0 Å². The summed E-state index contributed by atoms with van der Waals surface area (Å²) in [6, 6.07) is 8.03. The van der Waals surface area contributed by atoms with Gasteiger partial charge in [0.15, 0.2) is 4.80 Å². The van der Waals surface area contributed by atoms with Gasteiger partial charge in [0.25, 0.3) is 5.91 Å². The van der Waals surface area contributed by atoms with Crippen LogP contribution in [0.15, 0.2) is 29.3 Å². The summed E-state index contributed by atoms with van der Waals surface area (Å²) in [6.45, 7) is 0.445. The minimum absolute atomic E-state index is 0.0204. The fraction of sp³-hybridized carbons (Fsp3) is 0.412. The van der Waals surface area contributed by atoms with E-state index in [9.17, 15) is 4.79 Å². The van der Waals surface area contributed by atoms with Crippen molar-refractivity contribution in [3.8, 4) is 12.3 Å². The number of nitrogens with zero attached hydrogens (tertiary/aromatic N) is 2. The zero-order valence-electron chi connectivity index (χ0n) is 11.9. The third kappa shape index (κ3) is 2.93. The molecule has 1 amide bonds. The van der Waals surface area contributed by atoms with E-state index in [-0.39, 0.29) is 11.8 Å². The van der Waals surface area contributed by atoms with Crippen molar-refractivity contribution in [2.24, 2.45) is 10.9 Å². The summed E-state index contributed by atoms with van der Waals surface area (Å²) >= 11 is 1.54. The van der Waals surface area contributed by atoms with Crippen molar-refractivity contribution in [1.29, 1.82) is 0 Å². The lowest BCUT2D eigenvalue weighted by molar-refractivity contribution is -0.122. The SMILES string of the molecule is C#CCn1c(=NC(=O)C2CCCCC2)sc2ccccc21. The molecule has 108 valence electrons. The number of para-hydroxylation sites is 1. The Kier molecular flexibility index (Phi) is 4.21. The van der Waals surface area contributed by atoms with Gasteiger partial charge in [-0.1, -0.05) is 48.7 Å². The molecule has 2 aromatic rings. The Hall–Kier alpha value is -1.86. The number of thiazole rings is 1. The van der Waals surface area contributed by atoms with Gasteiger partial charge in [0, 0.05) is 5.92 Å². The second-order valence-electron chi connectivity index (χ2n) is 5.43. The molecule has 0 radical (unpaired) electrons. The maximum Gasteiger partial charge on any atom is 0.251 e. The second-order valence-corrected chi connectivity index (χ2v) is 6.44. The number of hydrogen-bond donors (Lipinski definition) is 0. The zero-order valence-corrected chi connectivity index (χ0v) is 12.7. The van der Waals surface area contributed by atoms with Crippen LogP contribution < -0.4 is 4.80 Å². The summed E-state index contributed by atoms with van der Waals surface area (Å²) < 4.78 is 3.07. The number of rotatable bonds is 2. The van der Waals surface area contributed by atoms with Gasteiger partial charge < -0.3 is 4.57 Å². The van der Waals surface area contributed by atoms with Crippen molar-refractivity contribution in [1.82, 2.24) is 4.57 Å². The van der Waals surface area contributed by atoms with E-state index in [1.165, 1.54) is 17.8 Å². The predicted octanol–water partition coefficient (Wildman–Crippen LogP) is 3.34. The van der Waals surface area contributed by atoms with Gasteiger partial charge in [-0.25, -0.2) is 0 Å². The lowest BCUT2D eigenvalue weighted by Gasteiger charge is -2.17. The first-order valence-electron chi connectivity index (χ1n) is 7.40. The molecular formula is C17H18N2OS. The molecule has 21 heavy (non-hydrogen) atoms. The smallest absolute Gasteiger partial charge is 0.251 e. The summed E-state index contributed by atoms with van der Waals surface area (Å²) in [5.74, 6) is 2.77. The van der Waals surface area contributed by atoms with Crippen LogP contribution in [-0.4, -0.2) is 10.5 Å². The first kappa shape index (κ1) is 14.1. The fourth-order valence-electron chi connectivity index (χ4n) is 2.89. The van der Waals surface area contributed by atoms with Gasteiger partial charge in [-0.15, -0.1) is 6.42 Å². The molecule has 0 unspecified atom stereocenters. The summed E-state index contributed by atoms with van der Waals surface area (Å²) in [5, 5.41) is 0. The van der Waals surface area contributed by atoms with Gasteiger partial charge >= 0.3 is 0 Å². The van der Waals surface area contributed by atoms with Crippen LogP contribution in [0.25, 0.3) is 10.2 Å². The molecular weight excluding hydrogens is 280 g/mol. The Morgan fingerprint density at radius 1 is 1.33 bits per heavy atom. The van der Waals surface area contributed by atoms with E-state index >= 15 is 0 Å². The lowest BCUT2D eigenvalue weighted by atomic mass is 9.89. The fourth-order valence-corrected chi connectivity index (χ4v) is 3.92. The van der Waals surface area contributed by atoms with Crippen LogP contribution in [0.3, 0.4) is 0 Å². The van der Waals surface area contributed by atoms with Gasteiger partial charge in [-0.2, -0.15) is 4.99 Å². The highest BCUT2D eigenvalue weighted by Gasteiger charge is 2.20. The molecule has 1 aliphatic carbocycles. The van der Waals surface area contributed by atoms with Gasteiger partial charge in [0.2, 0.25) is 0 Å². The number of aromatic nitrogens is 1. The van der Waals surface area contributed by atoms with Gasteiger partial charge in [-0.3, -0.25) is 4.79 Å². The number of carbonyl (C=O) groups is 1. The number of hydrogen-bond acceptors (Lipinski definition) is 2. The summed E-state index contributed by atoms with van der Waals surface area (Å²) in [5.41, 5.74) is 1.05. The Bertz CT molecular complexity index is 757. The maximum atomic E-state index is 12.4. The third-order valence-corrected chi connectivity index (χ3v) is 5.06. The first-order chi connectivity index (χ1) is 10.3. The first-order valence-corrected chi connectivity index (χ1v) is 8.21. The van der Waals surface area contributed by atoms with Crippen molar-refractivity contribution in [2.45, 2.75) is 38.6 Å². The van der Waals surface area contributed by atoms with E-state index in [0.29, 0.717) is 6.54 Å². The molecule has 0 aliphatic heterocycles. The molecule has 0 saturated heterocycles. The van der Waals surface area contributed by atoms with Crippen molar-refractivity contribution in [3.05, 3.63) is 29.1 Å². The second kappa shape index (κ2) is 6.28. The number of amides is 1. The monoisotopic (exact) mass is 298 g/mol. The highest BCUT2D eigenvalue weighted by atomic mass is 32.1. The molecule has 0 N–H and O–H groups in total. The van der Waals surface area contributed by atoms with Crippen LogP contribution in [0.5, 0.6) is 0 Å². The Morgan fingerprint density at radius 3 is 2.86 bits per heavy atom. The molecule has 0 bridgehead atoms. The normalized spacial score (nSPS) is 17.0. The van der Waals surface area contributed by atoms with Crippen LogP contribution in [0.4, 0.5) is 0 Å². The largest absolute Gasteiger partial charge is 0.305 e. The zero-order chi connectivity index (χ0) is 14.7. The molecule has 4 heteroatoms. The topological polar surface area (TPSA) is 34.4 Å². The van der Waals surface area contributed by atoms with Gasteiger partial charge in [0.1, 0.15) is 0 Å². The standard InChI is InChI=1S/C17H18N2OS/c1-2-12-19-14-10-6-7-11-15(14)21-17(19)18-16(20)13-8-4-3-5-9-13/h1,6-7,10-11,13H,3-5,8-9,12H2. The van der Waals surface area contributed by atoms with E-state index in [4.69, 9.17) is 6.42 Å². The van der Waals surface area contributed by atoms with Crippen LogP contribution in [0.1, 0.15) is 32.1 Å². The van der Waals surface area contributed by atoms with Gasteiger partial charge in [-0.05, 0) is 25.0 Å². The minimum atomic E-state index is 0.0204. The average molecular weight is 298 g/mol. The van der Waals surface area contributed by atoms with E-state index in [0.717, 1.165) is 40.7 Å². The number of carbonyl (C=O) groups excluding carboxylic acids is 1. The van der Waals surface area contributed by atoms with Crippen LogP contribution in [-0.2, 0) is 11.3 Å². The third-order valence-electron chi connectivity index (χ3n) is 4.00. The quantitative estimate of drug-likeness (QED) is 0.783. The Balaban J connectivity index is 2.02. The summed E-state index contributed by atoms with van der Waals surface area (Å²) in [7, 11) is 0. The molecule has 0 atom stereocenters.